The van der Waals surface area contributed by atoms with E-state index in [0.717, 1.165) is 44.0 Å². The van der Waals surface area contributed by atoms with Crippen molar-refractivity contribution in [3.05, 3.63) is 23.8 Å². The molecule has 0 aromatic heterocycles. The lowest BCUT2D eigenvalue weighted by Gasteiger charge is -2.34. The number of methoxy groups -OCH3 is 1. The molecule has 1 aliphatic heterocycles. The molecule has 10 heteroatoms. The van der Waals surface area contributed by atoms with Crippen molar-refractivity contribution < 1.29 is 23.0 Å². The Hall–Kier alpha value is -1.85. The summed E-state index contributed by atoms with van der Waals surface area (Å²) >= 11 is 0. The molecule has 0 aliphatic carbocycles. The average molecular weight is 540 g/mol. The summed E-state index contributed by atoms with van der Waals surface area (Å²) in [6, 6.07) is 4.97. The number of amides is 1. The van der Waals surface area contributed by atoms with Crippen LogP contribution in [0.25, 0.3) is 0 Å². The number of hydrogen-bond acceptors (Lipinski definition) is 4. The van der Waals surface area contributed by atoms with Crippen molar-refractivity contribution in [3.8, 4) is 11.5 Å². The molecular weight excluding hydrogens is 509 g/mol. The molecule has 0 spiro atoms. The van der Waals surface area contributed by atoms with E-state index in [2.05, 4.69) is 19.9 Å². The predicted octanol–water partition coefficient (Wildman–Crippen LogP) is 3.01. The van der Waals surface area contributed by atoms with E-state index in [1.54, 1.807) is 12.1 Å². The summed E-state index contributed by atoms with van der Waals surface area (Å²) in [5.41, 5.74) is 6.17. The number of carbonyl (C=O) groups excluding carboxylic acids is 1. The quantitative estimate of drug-likeness (QED) is 0.286. The van der Waals surface area contributed by atoms with E-state index in [9.17, 15) is 13.6 Å². The number of primary amides is 1. The van der Waals surface area contributed by atoms with Crippen molar-refractivity contribution in [2.75, 3.05) is 33.3 Å². The Morgan fingerprint density at radius 2 is 2.17 bits per heavy atom. The average Bonchev–Trinajstić information content (AvgIpc) is 2.67. The second-order valence-corrected chi connectivity index (χ2v) is 6.97. The summed E-state index contributed by atoms with van der Waals surface area (Å²) in [5, 5.41) is 3.28. The van der Waals surface area contributed by atoms with Gasteiger partial charge in [0.15, 0.2) is 17.5 Å². The molecule has 1 amide bonds. The molecule has 7 nitrogen and oxygen atoms in total. The lowest BCUT2D eigenvalue weighted by atomic mass is 9.95. The summed E-state index contributed by atoms with van der Waals surface area (Å²) < 4.78 is 34.8. The highest BCUT2D eigenvalue weighted by molar-refractivity contribution is 14.0. The summed E-state index contributed by atoms with van der Waals surface area (Å²) in [4.78, 5) is 18.1. The SMILES string of the molecule is CCNC(=NCCc1ccc(OC)c(OC(F)F)c1)N1CCCC(CC(N)=O)C1.I. The van der Waals surface area contributed by atoms with Gasteiger partial charge in [-0.15, -0.1) is 24.0 Å². The first-order valence-electron chi connectivity index (χ1n) is 9.86. The van der Waals surface area contributed by atoms with Crippen LogP contribution in [-0.4, -0.2) is 56.7 Å². The molecule has 0 saturated carbocycles. The Kier molecular flexibility index (Phi) is 11.7. The van der Waals surface area contributed by atoms with Crippen LogP contribution >= 0.6 is 24.0 Å². The minimum Gasteiger partial charge on any atom is -0.493 e. The maximum absolute atomic E-state index is 12.6. The normalized spacial score (nSPS) is 16.8. The third kappa shape index (κ3) is 8.49. The number of likely N-dealkylation sites (tertiary alicyclic amines) is 1. The van der Waals surface area contributed by atoms with Crippen molar-refractivity contribution in [2.24, 2.45) is 16.6 Å². The number of nitrogens with zero attached hydrogens (tertiary/aromatic N) is 2. The first kappa shape index (κ1) is 26.2. The molecule has 1 aromatic rings. The lowest BCUT2D eigenvalue weighted by molar-refractivity contribution is -0.119. The molecule has 0 radical (unpaired) electrons. The molecule has 1 aliphatic rings. The summed E-state index contributed by atoms with van der Waals surface area (Å²) in [6.45, 7) is 1.91. The minimum absolute atomic E-state index is 0. The van der Waals surface area contributed by atoms with Crippen molar-refractivity contribution in [2.45, 2.75) is 39.2 Å². The highest BCUT2D eigenvalue weighted by atomic mass is 127. The lowest BCUT2D eigenvalue weighted by Crippen LogP contribution is -2.47. The Labute approximate surface area is 193 Å². The zero-order valence-corrected chi connectivity index (χ0v) is 19.7. The van der Waals surface area contributed by atoms with Crippen LogP contribution in [0.1, 0.15) is 31.7 Å². The molecule has 1 unspecified atom stereocenters. The highest BCUT2D eigenvalue weighted by Gasteiger charge is 2.23. The van der Waals surface area contributed by atoms with Gasteiger partial charge in [0.25, 0.3) is 0 Å². The molecule has 0 bridgehead atoms. The number of aliphatic imine (C=N–C) groups is 1. The summed E-state index contributed by atoms with van der Waals surface area (Å²) in [5.74, 6) is 1.03. The van der Waals surface area contributed by atoms with Crippen molar-refractivity contribution >= 4 is 35.8 Å². The van der Waals surface area contributed by atoms with Gasteiger partial charge in [0, 0.05) is 32.6 Å². The van der Waals surface area contributed by atoms with Crippen LogP contribution < -0.4 is 20.5 Å². The Morgan fingerprint density at radius 3 is 2.80 bits per heavy atom. The predicted molar refractivity (Wildman–Crippen MR) is 123 cm³/mol. The van der Waals surface area contributed by atoms with Crippen LogP contribution in [0.3, 0.4) is 0 Å². The van der Waals surface area contributed by atoms with Gasteiger partial charge in [0.1, 0.15) is 0 Å². The van der Waals surface area contributed by atoms with E-state index >= 15 is 0 Å². The van der Waals surface area contributed by atoms with Crippen molar-refractivity contribution in [1.29, 1.82) is 0 Å². The van der Waals surface area contributed by atoms with Gasteiger partial charge in [0.05, 0.1) is 7.11 Å². The molecule has 1 saturated heterocycles. The van der Waals surface area contributed by atoms with Gasteiger partial charge in [-0.25, -0.2) is 0 Å². The molecule has 3 N–H and O–H groups in total. The van der Waals surface area contributed by atoms with Gasteiger partial charge in [-0.05, 0) is 49.8 Å². The summed E-state index contributed by atoms with van der Waals surface area (Å²) in [7, 11) is 1.41. The summed E-state index contributed by atoms with van der Waals surface area (Å²) in [6.07, 6.45) is 2.92. The van der Waals surface area contributed by atoms with Gasteiger partial charge < -0.3 is 25.4 Å². The fraction of sp³-hybridized carbons (Fsp3) is 0.600. The molecule has 1 fully saturated rings. The smallest absolute Gasteiger partial charge is 0.387 e. The molecule has 1 heterocycles. The van der Waals surface area contributed by atoms with Crippen LogP contribution in [0.15, 0.2) is 23.2 Å². The number of rotatable bonds is 9. The largest absolute Gasteiger partial charge is 0.493 e. The van der Waals surface area contributed by atoms with E-state index < -0.39 is 6.61 Å². The number of piperidine rings is 1. The van der Waals surface area contributed by atoms with Gasteiger partial charge in [0.2, 0.25) is 5.91 Å². The topological polar surface area (TPSA) is 89.2 Å². The third-order valence-corrected chi connectivity index (χ3v) is 4.75. The van der Waals surface area contributed by atoms with Gasteiger partial charge in [-0.3, -0.25) is 9.79 Å². The van der Waals surface area contributed by atoms with E-state index in [4.69, 9.17) is 10.5 Å². The molecule has 1 aromatic carbocycles. The number of benzene rings is 1. The first-order chi connectivity index (χ1) is 13.9. The number of carbonyl (C=O) groups is 1. The fourth-order valence-corrected chi connectivity index (χ4v) is 3.49. The molecule has 30 heavy (non-hydrogen) atoms. The van der Waals surface area contributed by atoms with Crippen LogP contribution in [0.5, 0.6) is 11.5 Å². The van der Waals surface area contributed by atoms with E-state index in [1.807, 2.05) is 13.0 Å². The number of ether oxygens (including phenoxy) is 2. The molecular formula is C20H31F2IN4O3. The van der Waals surface area contributed by atoms with Crippen LogP contribution in [-0.2, 0) is 11.2 Å². The zero-order chi connectivity index (χ0) is 21.2. The monoisotopic (exact) mass is 540 g/mol. The Bertz CT molecular complexity index is 707. The molecule has 2 rings (SSSR count). The van der Waals surface area contributed by atoms with Crippen LogP contribution in [0.4, 0.5) is 8.78 Å². The Balaban J connectivity index is 0.00000450. The number of alkyl halides is 2. The van der Waals surface area contributed by atoms with Crippen LogP contribution in [0.2, 0.25) is 0 Å². The first-order valence-corrected chi connectivity index (χ1v) is 9.86. The number of nitrogens with one attached hydrogen (secondary N) is 1. The maximum atomic E-state index is 12.6. The minimum atomic E-state index is -2.91. The van der Waals surface area contributed by atoms with Gasteiger partial charge in [-0.1, -0.05) is 6.07 Å². The standard InChI is InChI=1S/C20H30F2N4O3.HI/c1-3-24-20(26-10-4-5-15(13-26)12-18(23)27)25-9-8-14-6-7-16(28-2)17(11-14)29-19(21)22;/h6-7,11,15,19H,3-5,8-10,12-13H2,1-2H3,(H2,23,27)(H,24,25);1H. The van der Waals surface area contributed by atoms with Gasteiger partial charge in [-0.2, -0.15) is 8.78 Å². The van der Waals surface area contributed by atoms with E-state index in [0.29, 0.717) is 19.4 Å². The second-order valence-electron chi connectivity index (χ2n) is 6.97. The van der Waals surface area contributed by atoms with Crippen molar-refractivity contribution in [1.82, 2.24) is 10.2 Å². The highest BCUT2D eigenvalue weighted by Crippen LogP contribution is 2.29. The maximum Gasteiger partial charge on any atom is 0.387 e. The van der Waals surface area contributed by atoms with Crippen LogP contribution in [0, 0.1) is 5.92 Å². The second kappa shape index (κ2) is 13.5. The number of guanidine groups is 1. The molecule has 170 valence electrons. The van der Waals surface area contributed by atoms with Gasteiger partial charge >= 0.3 is 6.61 Å². The van der Waals surface area contributed by atoms with E-state index in [1.165, 1.54) is 7.11 Å². The van der Waals surface area contributed by atoms with E-state index in [-0.39, 0.29) is 47.3 Å². The number of nitrogens with two attached hydrogens (primary N) is 1. The third-order valence-electron chi connectivity index (χ3n) is 4.75. The number of hydrogen-bond donors (Lipinski definition) is 2. The zero-order valence-electron chi connectivity index (χ0n) is 17.4. The fourth-order valence-electron chi connectivity index (χ4n) is 3.49. The van der Waals surface area contributed by atoms with Crippen molar-refractivity contribution in [3.63, 3.8) is 0 Å². The number of halogens is 3. The molecule has 1 atom stereocenters. The Morgan fingerprint density at radius 1 is 1.40 bits per heavy atom.